The lowest BCUT2D eigenvalue weighted by Gasteiger charge is -2.20. The highest BCUT2D eigenvalue weighted by atomic mass is 32.2. The second-order valence-corrected chi connectivity index (χ2v) is 18.1. The van der Waals surface area contributed by atoms with Gasteiger partial charge in [0.1, 0.15) is 6.73 Å². The number of hydrogen-bond donors (Lipinski definition) is 1. The maximum Gasteiger partial charge on any atom is 0.264 e. The van der Waals surface area contributed by atoms with Crippen molar-refractivity contribution in [3.63, 3.8) is 0 Å². The summed E-state index contributed by atoms with van der Waals surface area (Å²) >= 11 is 0. The van der Waals surface area contributed by atoms with Crippen LogP contribution in [0.5, 0.6) is 0 Å². The molecule has 2 heterocycles. The molecule has 1 aromatic carbocycles. The first-order valence-corrected chi connectivity index (χ1v) is 18.0. The van der Waals surface area contributed by atoms with Crippen molar-refractivity contribution in [3.05, 3.63) is 47.6 Å². The van der Waals surface area contributed by atoms with Gasteiger partial charge in [0.05, 0.1) is 30.7 Å². The Morgan fingerprint density at radius 1 is 1.27 bits per heavy atom. The van der Waals surface area contributed by atoms with Gasteiger partial charge in [-0.2, -0.15) is 8.42 Å². The molecule has 11 heteroatoms. The number of aromatic nitrogens is 3. The van der Waals surface area contributed by atoms with Gasteiger partial charge in [0.2, 0.25) is 5.95 Å². The lowest BCUT2D eigenvalue weighted by atomic mass is 10.1. The molecular weight excluding hydrogens is 506 g/mol. The molecule has 0 amide bonds. The molecule has 1 aliphatic carbocycles. The van der Waals surface area contributed by atoms with E-state index in [1.807, 2.05) is 35.9 Å². The second kappa shape index (κ2) is 10.9. The molecule has 37 heavy (non-hydrogen) atoms. The molecule has 0 bridgehead atoms. The number of hydrogen-bond acceptors (Lipinski definition) is 7. The molecule has 3 aromatic rings. The normalized spacial score (nSPS) is 18.3. The predicted molar refractivity (Wildman–Crippen MR) is 149 cm³/mol. The van der Waals surface area contributed by atoms with E-state index in [2.05, 4.69) is 34.8 Å². The van der Waals surface area contributed by atoms with Crippen molar-refractivity contribution in [2.45, 2.75) is 70.7 Å². The molecule has 0 unspecified atom stereocenters. The molecule has 0 aliphatic heterocycles. The van der Waals surface area contributed by atoms with Crippen LogP contribution in [0.2, 0.25) is 25.7 Å². The van der Waals surface area contributed by atoms with E-state index in [0.717, 1.165) is 52.9 Å². The van der Waals surface area contributed by atoms with Crippen molar-refractivity contribution in [2.75, 3.05) is 18.2 Å². The molecule has 1 saturated carbocycles. The van der Waals surface area contributed by atoms with Gasteiger partial charge in [0.15, 0.2) is 5.69 Å². The van der Waals surface area contributed by atoms with Gasteiger partial charge in [-0.05, 0) is 43.9 Å². The molecular formula is C26H35N5O4SSi. The minimum absolute atomic E-state index is 0.187. The van der Waals surface area contributed by atoms with E-state index in [-0.39, 0.29) is 6.04 Å². The lowest BCUT2D eigenvalue weighted by molar-refractivity contribution is 0.0903. The first kappa shape index (κ1) is 27.3. The van der Waals surface area contributed by atoms with Crippen LogP contribution in [0.25, 0.3) is 27.0 Å². The first-order valence-electron chi connectivity index (χ1n) is 12.5. The van der Waals surface area contributed by atoms with E-state index in [1.54, 1.807) is 6.20 Å². The highest BCUT2D eigenvalue weighted by molar-refractivity contribution is 7.86. The van der Waals surface area contributed by atoms with Gasteiger partial charge in [-0.25, -0.2) is 14.8 Å². The number of anilines is 1. The summed E-state index contributed by atoms with van der Waals surface area (Å²) in [6.45, 7) is 17.5. The standard InChI is InChI=1S/C26H35N5O4SSi/c1-18-15-28-26(29-22-8-7-9-24(22)35-36(3,32)33)30-25(18)21-16-31(17-34-12-13-37(4,5)6)23-14-19(27-2)10-11-20(21)23/h10-11,14-16,22,24H,7-9,12-13,17H2,1,3-6H3,(H,28,29,30)/t22-,24+/m0/s1. The summed E-state index contributed by atoms with van der Waals surface area (Å²) in [5.41, 5.74) is 4.10. The highest BCUT2D eigenvalue weighted by Crippen LogP contribution is 2.34. The Hall–Kier alpha value is -2.78. The van der Waals surface area contributed by atoms with E-state index in [0.29, 0.717) is 31.4 Å². The molecule has 2 aromatic heterocycles. The van der Waals surface area contributed by atoms with Crippen LogP contribution in [0, 0.1) is 13.5 Å². The largest absolute Gasteiger partial charge is 0.361 e. The number of ether oxygens (including phenoxy) is 1. The van der Waals surface area contributed by atoms with Crippen LogP contribution >= 0.6 is 0 Å². The fourth-order valence-corrected chi connectivity index (χ4v) is 6.00. The summed E-state index contributed by atoms with van der Waals surface area (Å²) in [6, 6.07) is 6.55. The van der Waals surface area contributed by atoms with E-state index < -0.39 is 24.3 Å². The van der Waals surface area contributed by atoms with Crippen LogP contribution in [0.15, 0.2) is 30.6 Å². The van der Waals surface area contributed by atoms with Crippen LogP contribution in [0.4, 0.5) is 11.6 Å². The maximum absolute atomic E-state index is 11.7. The minimum Gasteiger partial charge on any atom is -0.361 e. The van der Waals surface area contributed by atoms with Crippen LogP contribution < -0.4 is 5.32 Å². The van der Waals surface area contributed by atoms with Crippen LogP contribution in [-0.2, 0) is 25.8 Å². The monoisotopic (exact) mass is 541 g/mol. The average Bonchev–Trinajstić information content (AvgIpc) is 3.39. The highest BCUT2D eigenvalue weighted by Gasteiger charge is 2.31. The van der Waals surface area contributed by atoms with Gasteiger partial charge in [-0.1, -0.05) is 31.8 Å². The molecule has 1 aliphatic rings. The van der Waals surface area contributed by atoms with Crippen LogP contribution in [0.3, 0.4) is 0 Å². The SMILES string of the molecule is [C-]#[N+]c1ccc2c(-c3nc(N[C@H]4CCC[C@H]4OS(C)(=O)=O)ncc3C)cn(COCC[Si](C)(C)C)c2c1. The number of benzene rings is 1. The van der Waals surface area contributed by atoms with Gasteiger partial charge in [-0.15, -0.1) is 0 Å². The molecule has 9 nitrogen and oxygen atoms in total. The summed E-state index contributed by atoms with van der Waals surface area (Å²) in [4.78, 5) is 12.9. The zero-order valence-corrected chi connectivity index (χ0v) is 23.9. The van der Waals surface area contributed by atoms with Crippen molar-refractivity contribution < 1.29 is 17.3 Å². The number of nitrogens with one attached hydrogen (secondary N) is 1. The number of fused-ring (bicyclic) bond motifs is 1. The summed E-state index contributed by atoms with van der Waals surface area (Å²) in [6.07, 6.45) is 6.74. The lowest BCUT2D eigenvalue weighted by Crippen LogP contribution is -2.33. The van der Waals surface area contributed by atoms with Crippen molar-refractivity contribution >= 4 is 40.7 Å². The van der Waals surface area contributed by atoms with E-state index in [1.165, 1.54) is 0 Å². The Balaban J connectivity index is 1.64. The second-order valence-electron chi connectivity index (χ2n) is 10.9. The molecule has 4 rings (SSSR count). The fourth-order valence-electron chi connectivity index (χ4n) is 4.57. The third-order valence-corrected chi connectivity index (χ3v) is 8.81. The summed E-state index contributed by atoms with van der Waals surface area (Å²) in [5, 5.41) is 4.28. The van der Waals surface area contributed by atoms with Crippen molar-refractivity contribution in [1.82, 2.24) is 14.5 Å². The Morgan fingerprint density at radius 2 is 2.05 bits per heavy atom. The van der Waals surface area contributed by atoms with Crippen molar-refractivity contribution in [2.24, 2.45) is 0 Å². The summed E-state index contributed by atoms with van der Waals surface area (Å²) < 4.78 is 36.7. The van der Waals surface area contributed by atoms with E-state index in [4.69, 9.17) is 20.5 Å². The molecule has 0 saturated heterocycles. The average molecular weight is 542 g/mol. The molecule has 0 spiro atoms. The van der Waals surface area contributed by atoms with Crippen molar-refractivity contribution in [3.8, 4) is 11.3 Å². The number of nitrogens with zero attached hydrogens (tertiary/aromatic N) is 4. The van der Waals surface area contributed by atoms with Crippen LogP contribution in [0.1, 0.15) is 24.8 Å². The van der Waals surface area contributed by atoms with E-state index in [9.17, 15) is 8.42 Å². The van der Waals surface area contributed by atoms with Crippen LogP contribution in [-0.4, -0.2) is 56.0 Å². The van der Waals surface area contributed by atoms with Gasteiger partial charge >= 0.3 is 0 Å². The fraction of sp³-hybridized carbons (Fsp3) is 0.500. The Morgan fingerprint density at radius 3 is 2.76 bits per heavy atom. The third kappa shape index (κ3) is 6.96. The molecule has 198 valence electrons. The quantitative estimate of drug-likeness (QED) is 0.155. The molecule has 2 atom stereocenters. The maximum atomic E-state index is 11.7. The van der Waals surface area contributed by atoms with Gasteiger partial charge < -0.3 is 14.6 Å². The topological polar surface area (TPSA) is 99.7 Å². The summed E-state index contributed by atoms with van der Waals surface area (Å²) in [5.74, 6) is 0.430. The zero-order valence-electron chi connectivity index (χ0n) is 22.1. The predicted octanol–water partition coefficient (Wildman–Crippen LogP) is 5.58. The summed E-state index contributed by atoms with van der Waals surface area (Å²) in [7, 11) is -4.75. The zero-order chi connectivity index (χ0) is 26.8. The molecule has 0 radical (unpaired) electrons. The molecule has 1 fully saturated rings. The number of rotatable bonds is 10. The third-order valence-electron chi connectivity index (χ3n) is 6.51. The Labute approximate surface area is 220 Å². The Bertz CT molecular complexity index is 1430. The minimum atomic E-state index is -3.55. The van der Waals surface area contributed by atoms with Gasteiger partial charge in [0.25, 0.3) is 10.1 Å². The van der Waals surface area contributed by atoms with Crippen molar-refractivity contribution in [1.29, 1.82) is 0 Å². The van der Waals surface area contributed by atoms with E-state index >= 15 is 0 Å². The van der Waals surface area contributed by atoms with Gasteiger partial charge in [0, 0.05) is 43.5 Å². The van der Waals surface area contributed by atoms with Gasteiger partial charge in [-0.3, -0.25) is 4.18 Å². The first-order chi connectivity index (χ1) is 17.4. The smallest absolute Gasteiger partial charge is 0.264 e. The Kier molecular flexibility index (Phi) is 8.04. The molecule has 1 N–H and O–H groups in total. The number of aryl methyl sites for hydroxylation is 1.